The molecule has 1 atom stereocenters. The van der Waals surface area contributed by atoms with Crippen molar-refractivity contribution >= 4 is 28.5 Å². The second-order valence-electron chi connectivity index (χ2n) is 7.64. The van der Waals surface area contributed by atoms with E-state index in [-0.39, 0.29) is 5.78 Å². The van der Waals surface area contributed by atoms with E-state index in [2.05, 4.69) is 5.32 Å². The van der Waals surface area contributed by atoms with Crippen LogP contribution in [0.5, 0.6) is 11.5 Å². The molecule has 0 spiro atoms. The van der Waals surface area contributed by atoms with Gasteiger partial charge in [-0.3, -0.25) is 9.36 Å². The maximum atomic E-state index is 13.8. The summed E-state index contributed by atoms with van der Waals surface area (Å²) in [5.74, 6) is 1.97. The highest BCUT2D eigenvalue weighted by Gasteiger charge is 2.34. The van der Waals surface area contributed by atoms with Crippen molar-refractivity contribution in [3.05, 3.63) is 89.5 Å². The quantitative estimate of drug-likeness (QED) is 0.438. The molecule has 4 aromatic rings. The van der Waals surface area contributed by atoms with Crippen LogP contribution < -0.4 is 14.8 Å². The van der Waals surface area contributed by atoms with Gasteiger partial charge >= 0.3 is 0 Å². The molecule has 0 saturated heterocycles. The van der Waals surface area contributed by atoms with E-state index in [0.29, 0.717) is 28.6 Å². The number of methoxy groups -OCH3 is 2. The molecule has 0 unspecified atom stereocenters. The minimum Gasteiger partial charge on any atom is -0.497 e. The number of hydrogen-bond donors (Lipinski definition) is 1. The van der Waals surface area contributed by atoms with Crippen LogP contribution in [-0.4, -0.2) is 29.6 Å². The van der Waals surface area contributed by atoms with Crippen molar-refractivity contribution in [2.24, 2.45) is 0 Å². The number of fused-ring (bicyclic) bond motifs is 3. The van der Waals surface area contributed by atoms with E-state index in [1.165, 1.54) is 0 Å². The molecule has 0 bridgehead atoms. The Bertz CT molecular complexity index is 1360. The number of allylic oxidation sites excluding steroid dienone is 1. The number of para-hydroxylation sites is 2. The van der Waals surface area contributed by atoms with Crippen molar-refractivity contribution in [1.82, 2.24) is 9.55 Å². The summed E-state index contributed by atoms with van der Waals surface area (Å²) in [6, 6.07) is 22.4. The Labute approximate surface area is 186 Å². The number of carbonyl (C=O) groups excluding carboxylic acids is 1. The number of ketones is 1. The van der Waals surface area contributed by atoms with Crippen molar-refractivity contribution in [2.45, 2.75) is 13.0 Å². The van der Waals surface area contributed by atoms with Crippen LogP contribution in [0.4, 0.5) is 5.95 Å². The van der Waals surface area contributed by atoms with E-state index in [1.807, 2.05) is 84.3 Å². The lowest BCUT2D eigenvalue weighted by atomic mass is 9.89. The standard InChI is InChI=1S/C26H23N3O3/c1-16-23(25(30)17-9-5-4-6-10-17)24(19-14-13-18(31-2)15-22(19)32-3)28-26-27-20-11-7-8-12-21(20)29(16)26/h4-15,24H,1-3H3,(H,27,28)/t24-/m1/s1. The highest BCUT2D eigenvalue weighted by molar-refractivity contribution is 6.14. The second-order valence-corrected chi connectivity index (χ2v) is 7.64. The molecule has 1 aliphatic heterocycles. The largest absolute Gasteiger partial charge is 0.497 e. The van der Waals surface area contributed by atoms with Crippen LogP contribution in [-0.2, 0) is 0 Å². The van der Waals surface area contributed by atoms with Gasteiger partial charge in [-0.1, -0.05) is 42.5 Å². The molecule has 3 aromatic carbocycles. The average Bonchev–Trinajstić information content (AvgIpc) is 3.22. The highest BCUT2D eigenvalue weighted by Crippen LogP contribution is 2.43. The summed E-state index contributed by atoms with van der Waals surface area (Å²) in [4.78, 5) is 18.6. The Morgan fingerprint density at radius 2 is 1.72 bits per heavy atom. The lowest BCUT2D eigenvalue weighted by Gasteiger charge is -2.31. The van der Waals surface area contributed by atoms with E-state index in [0.717, 1.165) is 22.3 Å². The third kappa shape index (κ3) is 3.12. The summed E-state index contributed by atoms with van der Waals surface area (Å²) in [6.45, 7) is 1.97. The number of benzene rings is 3. The van der Waals surface area contributed by atoms with Gasteiger partial charge in [-0.15, -0.1) is 0 Å². The topological polar surface area (TPSA) is 65.4 Å². The van der Waals surface area contributed by atoms with E-state index < -0.39 is 6.04 Å². The number of imidazole rings is 1. The minimum atomic E-state index is -0.437. The Hall–Kier alpha value is -4.06. The number of carbonyl (C=O) groups is 1. The first-order valence-corrected chi connectivity index (χ1v) is 10.4. The molecular weight excluding hydrogens is 402 g/mol. The van der Waals surface area contributed by atoms with E-state index in [9.17, 15) is 4.79 Å². The number of rotatable bonds is 5. The zero-order chi connectivity index (χ0) is 22.2. The van der Waals surface area contributed by atoms with Gasteiger partial charge < -0.3 is 14.8 Å². The van der Waals surface area contributed by atoms with Crippen LogP contribution in [0, 0.1) is 0 Å². The van der Waals surface area contributed by atoms with E-state index in [1.54, 1.807) is 14.2 Å². The lowest BCUT2D eigenvalue weighted by Crippen LogP contribution is -2.27. The summed E-state index contributed by atoms with van der Waals surface area (Å²) in [6.07, 6.45) is 0. The van der Waals surface area contributed by atoms with Crippen molar-refractivity contribution < 1.29 is 14.3 Å². The first-order valence-electron chi connectivity index (χ1n) is 10.4. The van der Waals surface area contributed by atoms with Crippen LogP contribution in [0.3, 0.4) is 0 Å². The van der Waals surface area contributed by atoms with Crippen molar-refractivity contribution in [3.63, 3.8) is 0 Å². The molecule has 6 nitrogen and oxygen atoms in total. The Morgan fingerprint density at radius 1 is 0.969 bits per heavy atom. The fourth-order valence-corrected chi connectivity index (χ4v) is 4.32. The number of hydrogen-bond acceptors (Lipinski definition) is 5. The zero-order valence-corrected chi connectivity index (χ0v) is 18.1. The van der Waals surface area contributed by atoms with Gasteiger partial charge in [-0.25, -0.2) is 4.98 Å². The molecule has 0 amide bonds. The maximum absolute atomic E-state index is 13.8. The first-order chi connectivity index (χ1) is 15.6. The fourth-order valence-electron chi connectivity index (χ4n) is 4.32. The lowest BCUT2D eigenvalue weighted by molar-refractivity contribution is 0.102. The van der Waals surface area contributed by atoms with Crippen molar-refractivity contribution in [1.29, 1.82) is 0 Å². The molecule has 1 aromatic heterocycles. The Kier molecular flexibility index (Phi) is 4.90. The van der Waals surface area contributed by atoms with Gasteiger partial charge in [0.15, 0.2) is 5.78 Å². The SMILES string of the molecule is COc1ccc([C@H]2Nc3nc4ccccc4n3C(C)=C2C(=O)c2ccccc2)c(OC)c1. The number of anilines is 1. The monoisotopic (exact) mass is 425 g/mol. The number of ether oxygens (including phenoxy) is 2. The second kappa shape index (κ2) is 7.89. The molecular formula is C26H23N3O3. The van der Waals surface area contributed by atoms with E-state index in [4.69, 9.17) is 14.5 Å². The predicted octanol–water partition coefficient (Wildman–Crippen LogP) is 5.33. The molecule has 0 aliphatic carbocycles. The van der Waals surface area contributed by atoms with E-state index >= 15 is 0 Å². The number of nitrogens with one attached hydrogen (secondary N) is 1. The number of Topliss-reactive ketones (excluding diaryl/α,β-unsaturated/α-hetero) is 1. The summed E-state index contributed by atoms with van der Waals surface area (Å²) in [5, 5.41) is 3.50. The molecule has 0 radical (unpaired) electrons. The summed E-state index contributed by atoms with van der Waals surface area (Å²) in [7, 11) is 3.23. The van der Waals surface area contributed by atoms with Crippen molar-refractivity contribution in [2.75, 3.05) is 19.5 Å². The summed E-state index contributed by atoms with van der Waals surface area (Å²) in [5.41, 5.74) is 4.77. The number of aromatic nitrogens is 2. The molecule has 1 N–H and O–H groups in total. The van der Waals surface area contributed by atoms with Gasteiger partial charge in [0.2, 0.25) is 5.95 Å². The molecule has 160 valence electrons. The molecule has 5 rings (SSSR count). The van der Waals surface area contributed by atoms with Gasteiger partial charge in [-0.05, 0) is 31.2 Å². The predicted molar refractivity (Wildman–Crippen MR) is 125 cm³/mol. The van der Waals surface area contributed by atoms with Gasteiger partial charge in [0, 0.05) is 28.5 Å². The maximum Gasteiger partial charge on any atom is 0.209 e. The molecule has 1 aliphatic rings. The minimum absolute atomic E-state index is 0.0399. The normalized spacial score (nSPS) is 15.3. The van der Waals surface area contributed by atoms with Crippen LogP contribution in [0.2, 0.25) is 0 Å². The van der Waals surface area contributed by atoms with Gasteiger partial charge in [0.25, 0.3) is 0 Å². The molecule has 2 heterocycles. The molecule has 6 heteroatoms. The van der Waals surface area contributed by atoms with Gasteiger partial charge in [0.1, 0.15) is 11.5 Å². The van der Waals surface area contributed by atoms with Gasteiger partial charge in [-0.2, -0.15) is 0 Å². The summed E-state index contributed by atoms with van der Waals surface area (Å²) >= 11 is 0. The Balaban J connectivity index is 1.75. The first kappa shape index (κ1) is 19.9. The third-order valence-electron chi connectivity index (χ3n) is 5.88. The average molecular weight is 425 g/mol. The molecule has 0 fully saturated rings. The molecule has 32 heavy (non-hydrogen) atoms. The van der Waals surface area contributed by atoms with Crippen molar-refractivity contribution in [3.8, 4) is 11.5 Å². The molecule has 0 saturated carbocycles. The summed E-state index contributed by atoms with van der Waals surface area (Å²) < 4.78 is 13.1. The van der Waals surface area contributed by atoms with Gasteiger partial charge in [0.05, 0.1) is 31.3 Å². The highest BCUT2D eigenvalue weighted by atomic mass is 16.5. The van der Waals surface area contributed by atoms with Crippen LogP contribution in [0.15, 0.2) is 78.4 Å². The van der Waals surface area contributed by atoms with Crippen LogP contribution in [0.25, 0.3) is 16.7 Å². The smallest absolute Gasteiger partial charge is 0.209 e. The van der Waals surface area contributed by atoms with Crippen LogP contribution >= 0.6 is 0 Å². The number of nitrogens with zero attached hydrogens (tertiary/aromatic N) is 2. The fraction of sp³-hybridized carbons (Fsp3) is 0.154. The van der Waals surface area contributed by atoms with Crippen LogP contribution in [0.1, 0.15) is 28.9 Å². The third-order valence-corrected chi connectivity index (χ3v) is 5.88. The Morgan fingerprint density at radius 3 is 2.47 bits per heavy atom. The zero-order valence-electron chi connectivity index (χ0n) is 18.1.